The van der Waals surface area contributed by atoms with Gasteiger partial charge in [-0.15, -0.1) is 0 Å². The summed E-state index contributed by atoms with van der Waals surface area (Å²) in [6.07, 6.45) is 0.0869. The van der Waals surface area contributed by atoms with Gasteiger partial charge in [-0.25, -0.2) is 8.42 Å². The molecule has 3 amide bonds. The van der Waals surface area contributed by atoms with Gasteiger partial charge in [0, 0.05) is 28.4 Å². The molecule has 0 radical (unpaired) electrons. The summed E-state index contributed by atoms with van der Waals surface area (Å²) in [6.45, 7) is 4.00. The van der Waals surface area contributed by atoms with E-state index in [2.05, 4.69) is 26.2 Å². The molecule has 0 bridgehead atoms. The van der Waals surface area contributed by atoms with Crippen LogP contribution in [0.5, 0.6) is 0 Å². The smallest absolute Gasteiger partial charge is 0.265 e. The number of hydrogen-bond donors (Lipinski definition) is 3. The lowest BCUT2D eigenvalue weighted by Gasteiger charge is -2.37. The molecule has 1 atom stereocenters. The summed E-state index contributed by atoms with van der Waals surface area (Å²) in [6, 6.07) is 20.9. The molecule has 2 aliphatic rings. The van der Waals surface area contributed by atoms with Crippen molar-refractivity contribution in [1.82, 2.24) is 5.32 Å². The van der Waals surface area contributed by atoms with Crippen LogP contribution < -0.4 is 20.3 Å². The Balaban J connectivity index is 1.10. The lowest BCUT2D eigenvalue weighted by molar-refractivity contribution is -0.125. The number of nitrogens with zero attached hydrogens (tertiary/aromatic N) is 3. The van der Waals surface area contributed by atoms with Crippen molar-refractivity contribution in [3.63, 3.8) is 0 Å². The van der Waals surface area contributed by atoms with Gasteiger partial charge in [0.1, 0.15) is 6.04 Å². The molecule has 0 aromatic heterocycles. The van der Waals surface area contributed by atoms with E-state index in [1.54, 1.807) is 80.6 Å². The van der Waals surface area contributed by atoms with Gasteiger partial charge in [0.15, 0.2) is 0 Å². The first kappa shape index (κ1) is 31.9. The Kier molecular flexibility index (Phi) is 8.80. The monoisotopic (exact) mass is 670 g/mol. The highest BCUT2D eigenvalue weighted by atomic mass is 35.5. The van der Waals surface area contributed by atoms with Gasteiger partial charge in [0.05, 0.1) is 34.9 Å². The van der Waals surface area contributed by atoms with Gasteiger partial charge in [-0.05, 0) is 91.6 Å². The van der Waals surface area contributed by atoms with Gasteiger partial charge in [-0.3, -0.25) is 18.7 Å². The Morgan fingerprint density at radius 2 is 1.72 bits per heavy atom. The van der Waals surface area contributed by atoms with Crippen molar-refractivity contribution in [1.29, 1.82) is 0 Å². The normalized spacial score (nSPS) is 15.1. The third-order valence-electron chi connectivity index (χ3n) is 8.01. The number of aryl methyl sites for hydroxylation is 2. The molecule has 3 N–H and O–H groups in total. The number of fused-ring (bicyclic) bond motifs is 2. The van der Waals surface area contributed by atoms with Crippen LogP contribution in [0.25, 0.3) is 0 Å². The summed E-state index contributed by atoms with van der Waals surface area (Å²) in [7, 11) is -4.28. The molecular formula is C34H31ClN6O5S. The molecule has 13 heteroatoms. The first-order chi connectivity index (χ1) is 22.5. The van der Waals surface area contributed by atoms with E-state index in [9.17, 15) is 22.8 Å². The molecule has 4 aromatic carbocycles. The fourth-order valence-electron chi connectivity index (χ4n) is 5.83. The van der Waals surface area contributed by atoms with Crippen LogP contribution in [0.1, 0.15) is 39.0 Å². The van der Waals surface area contributed by atoms with Crippen LogP contribution in [0.3, 0.4) is 0 Å². The summed E-state index contributed by atoms with van der Waals surface area (Å²) >= 11 is 6.17. The fraction of sp³-hybridized carbons (Fsp3) is 0.206. The minimum Gasteiger partial charge on any atom is -0.356 e. The Bertz CT molecular complexity index is 2030. The second-order valence-electron chi connectivity index (χ2n) is 11.4. The molecule has 0 spiro atoms. The average molecular weight is 671 g/mol. The second kappa shape index (κ2) is 13.0. The number of amides is 3. The number of carbonyl (C=O) groups is 3. The second-order valence-corrected chi connectivity index (χ2v) is 13.6. The number of azo groups is 1. The van der Waals surface area contributed by atoms with E-state index in [1.165, 1.54) is 0 Å². The third-order valence-corrected chi connectivity index (χ3v) is 10.4. The summed E-state index contributed by atoms with van der Waals surface area (Å²) in [5.41, 5.74) is 5.20. The number of benzene rings is 4. The van der Waals surface area contributed by atoms with Crippen LogP contribution in [0.2, 0.25) is 5.02 Å². The van der Waals surface area contributed by atoms with Gasteiger partial charge in [0.25, 0.3) is 15.9 Å². The summed E-state index contributed by atoms with van der Waals surface area (Å²) < 4.78 is 29.4. The standard InChI is InChI=1S/C34H31ClN6O5S/c1-20-15-25(35)16-21(2)32(20)47(45,46)41-29-6-4-3-5-28(29)39-34(44)30(41)18-31(42)36-14-13-22-7-10-26(11-8-22)38-33(43)23-9-12-27-24(17-23)19-37-40-27/h3-12,15-17,30H,13-14,18-19H2,1-2H3,(H,36,42)(H,38,43)(H,39,44). The molecule has 6 rings (SSSR count). The van der Waals surface area contributed by atoms with Crippen LogP contribution in [-0.4, -0.2) is 38.7 Å². The van der Waals surface area contributed by atoms with Gasteiger partial charge >= 0.3 is 0 Å². The van der Waals surface area contributed by atoms with Crippen LogP contribution in [-0.2, 0) is 32.6 Å². The molecule has 1 unspecified atom stereocenters. The lowest BCUT2D eigenvalue weighted by Crippen LogP contribution is -2.53. The van der Waals surface area contributed by atoms with E-state index in [0.717, 1.165) is 21.1 Å². The SMILES string of the molecule is Cc1cc(Cl)cc(C)c1S(=O)(=O)N1c2ccccc2NC(=O)C1CC(=O)NCCc1ccc(NC(=O)c2ccc3c(c2)CN=N3)cc1. The van der Waals surface area contributed by atoms with Gasteiger partial charge < -0.3 is 16.0 Å². The van der Waals surface area contributed by atoms with E-state index in [0.29, 0.717) is 46.1 Å². The van der Waals surface area contributed by atoms with Crippen molar-refractivity contribution in [2.45, 2.75) is 44.2 Å². The van der Waals surface area contributed by atoms with Crippen molar-refractivity contribution >= 4 is 62.1 Å². The molecule has 11 nitrogen and oxygen atoms in total. The highest BCUT2D eigenvalue weighted by molar-refractivity contribution is 7.93. The number of anilines is 3. The molecular weight excluding hydrogens is 640 g/mol. The molecule has 0 fully saturated rings. The molecule has 240 valence electrons. The molecule has 0 saturated carbocycles. The molecule has 0 saturated heterocycles. The number of sulfonamides is 1. The number of rotatable bonds is 9. The maximum Gasteiger partial charge on any atom is 0.265 e. The highest BCUT2D eigenvalue weighted by Crippen LogP contribution is 2.39. The van der Waals surface area contributed by atoms with Gasteiger partial charge in [-0.2, -0.15) is 10.2 Å². The largest absolute Gasteiger partial charge is 0.356 e. The van der Waals surface area contributed by atoms with Gasteiger partial charge in [-0.1, -0.05) is 35.9 Å². The number of para-hydroxylation sites is 2. The Labute approximate surface area is 277 Å². The molecule has 47 heavy (non-hydrogen) atoms. The van der Waals surface area contributed by atoms with Crippen LogP contribution >= 0.6 is 11.6 Å². The molecule has 4 aromatic rings. The van der Waals surface area contributed by atoms with Crippen molar-refractivity contribution < 1.29 is 22.8 Å². The summed E-state index contributed by atoms with van der Waals surface area (Å²) in [5.74, 6) is -1.33. The zero-order chi connectivity index (χ0) is 33.3. The van der Waals surface area contributed by atoms with Crippen molar-refractivity contribution in [2.24, 2.45) is 10.2 Å². The van der Waals surface area contributed by atoms with Crippen molar-refractivity contribution in [2.75, 3.05) is 21.5 Å². The van der Waals surface area contributed by atoms with Crippen LogP contribution in [0.4, 0.5) is 22.7 Å². The van der Waals surface area contributed by atoms with E-state index in [-0.39, 0.29) is 29.5 Å². The van der Waals surface area contributed by atoms with E-state index in [4.69, 9.17) is 11.6 Å². The Hall–Kier alpha value is -5.07. The number of hydrogen-bond acceptors (Lipinski definition) is 7. The van der Waals surface area contributed by atoms with Crippen LogP contribution in [0.15, 0.2) is 94.0 Å². The predicted molar refractivity (Wildman–Crippen MR) is 180 cm³/mol. The average Bonchev–Trinajstić information content (AvgIpc) is 3.50. The Morgan fingerprint density at radius 3 is 2.47 bits per heavy atom. The van der Waals surface area contributed by atoms with Crippen LogP contribution in [0, 0.1) is 13.8 Å². The molecule has 2 heterocycles. The van der Waals surface area contributed by atoms with Crippen molar-refractivity contribution in [3.05, 3.63) is 112 Å². The lowest BCUT2D eigenvalue weighted by atomic mass is 10.1. The maximum absolute atomic E-state index is 14.2. The minimum absolute atomic E-state index is 0.0376. The first-order valence-electron chi connectivity index (χ1n) is 14.9. The van der Waals surface area contributed by atoms with E-state index in [1.807, 2.05) is 12.1 Å². The minimum atomic E-state index is -4.28. The fourth-order valence-corrected chi connectivity index (χ4v) is 8.21. The zero-order valence-electron chi connectivity index (χ0n) is 25.6. The zero-order valence-corrected chi connectivity index (χ0v) is 27.2. The van der Waals surface area contributed by atoms with E-state index >= 15 is 0 Å². The highest BCUT2D eigenvalue weighted by Gasteiger charge is 2.43. The maximum atomic E-state index is 14.2. The molecule has 2 aliphatic heterocycles. The Morgan fingerprint density at radius 1 is 1.00 bits per heavy atom. The third kappa shape index (κ3) is 6.60. The predicted octanol–water partition coefficient (Wildman–Crippen LogP) is 6.07. The summed E-state index contributed by atoms with van der Waals surface area (Å²) in [4.78, 5) is 39.2. The van der Waals surface area contributed by atoms with E-state index < -0.39 is 27.9 Å². The van der Waals surface area contributed by atoms with Crippen molar-refractivity contribution in [3.8, 4) is 0 Å². The van der Waals surface area contributed by atoms with Gasteiger partial charge in [0.2, 0.25) is 11.8 Å². The number of halogens is 1. The number of carbonyl (C=O) groups excluding carboxylic acids is 3. The number of nitrogens with one attached hydrogen (secondary N) is 3. The first-order valence-corrected chi connectivity index (χ1v) is 16.7. The topological polar surface area (TPSA) is 149 Å². The molecule has 0 aliphatic carbocycles. The summed E-state index contributed by atoms with van der Waals surface area (Å²) in [5, 5.41) is 16.8. The quantitative estimate of drug-likeness (QED) is 0.198.